The summed E-state index contributed by atoms with van der Waals surface area (Å²) in [5.74, 6) is 0. The van der Waals surface area contributed by atoms with Crippen LogP contribution in [0.15, 0.2) is 0 Å². The number of hydrogen-bond acceptors (Lipinski definition) is 0. The molecule has 2 heteroatoms. The first-order chi connectivity index (χ1) is 6.35. The van der Waals surface area contributed by atoms with Crippen LogP contribution in [-0.4, -0.2) is 42.2 Å². The van der Waals surface area contributed by atoms with Gasteiger partial charge >= 0.3 is 0 Å². The van der Waals surface area contributed by atoms with Gasteiger partial charge in [0.1, 0.15) is 0 Å². The molecule has 2 radical (unpaired) electrons. The normalized spacial score (nSPS) is 10.3. The third-order valence-electron chi connectivity index (χ3n) is 2.48. The third kappa shape index (κ3) is 11.3. The van der Waals surface area contributed by atoms with E-state index in [1.54, 1.807) is 18.5 Å². The van der Waals surface area contributed by atoms with Crippen molar-refractivity contribution in [3.8, 4) is 0 Å². The van der Waals surface area contributed by atoms with Crippen molar-refractivity contribution < 1.29 is 0 Å². The van der Waals surface area contributed by atoms with Gasteiger partial charge in [0.2, 0.25) is 0 Å². The van der Waals surface area contributed by atoms with Gasteiger partial charge in [-0.15, -0.1) is 7.92 Å². The van der Waals surface area contributed by atoms with Crippen LogP contribution in [0.4, 0.5) is 0 Å². The number of rotatable bonds is 9. The summed E-state index contributed by atoms with van der Waals surface area (Å²) in [6.45, 7) is 6.94. The molecule has 0 heterocycles. The molecular formula is C12H27PTe. The average molecular weight is 330 g/mol. The minimum atomic E-state index is 0. The molecule has 0 aliphatic heterocycles. The summed E-state index contributed by atoms with van der Waals surface area (Å²) in [6, 6.07) is 0. The largest absolute Gasteiger partial charge is 0.107 e. The van der Waals surface area contributed by atoms with E-state index >= 15 is 0 Å². The van der Waals surface area contributed by atoms with E-state index in [-0.39, 0.29) is 23.7 Å². The maximum absolute atomic E-state index is 2.31. The van der Waals surface area contributed by atoms with Gasteiger partial charge < -0.3 is 0 Å². The van der Waals surface area contributed by atoms with Crippen molar-refractivity contribution in [2.24, 2.45) is 0 Å². The zero-order chi connectivity index (χ0) is 9.94. The standard InChI is InChI=1S/C12H27P.Te/c1-4-7-10-13(11-8-5-2)12-9-6-3;/h4-12H2,1-3H3;. The summed E-state index contributed by atoms with van der Waals surface area (Å²) in [5.41, 5.74) is 0. The molecule has 0 N–H and O–H groups in total. The fraction of sp³-hybridized carbons (Fsp3) is 1.00. The SMILES string of the molecule is CCCCP(CCCC)CCCC.[Te]. The zero-order valence-corrected chi connectivity index (χ0v) is 13.4. The fourth-order valence-electron chi connectivity index (χ4n) is 1.48. The van der Waals surface area contributed by atoms with E-state index in [0.29, 0.717) is 7.92 Å². The van der Waals surface area contributed by atoms with Gasteiger partial charge in [0, 0.05) is 23.7 Å². The van der Waals surface area contributed by atoms with Gasteiger partial charge in [0.25, 0.3) is 0 Å². The Morgan fingerprint density at radius 3 is 1.14 bits per heavy atom. The Morgan fingerprint density at radius 1 is 0.643 bits per heavy atom. The first-order valence-corrected chi connectivity index (χ1v) is 7.97. The summed E-state index contributed by atoms with van der Waals surface area (Å²) in [5, 5.41) is 0. The van der Waals surface area contributed by atoms with Crippen molar-refractivity contribution in [1.29, 1.82) is 0 Å². The van der Waals surface area contributed by atoms with E-state index in [2.05, 4.69) is 20.8 Å². The summed E-state index contributed by atoms with van der Waals surface area (Å²) in [7, 11) is 0.422. The Hall–Kier alpha value is 1.22. The van der Waals surface area contributed by atoms with Gasteiger partial charge in [-0.05, 0) is 37.7 Å². The van der Waals surface area contributed by atoms with Gasteiger partial charge in [-0.25, -0.2) is 0 Å². The molecule has 0 bridgehead atoms. The average Bonchev–Trinajstić information content (AvgIpc) is 2.17. The van der Waals surface area contributed by atoms with Crippen molar-refractivity contribution in [3.05, 3.63) is 0 Å². The van der Waals surface area contributed by atoms with Gasteiger partial charge in [0.15, 0.2) is 0 Å². The Balaban J connectivity index is 0. The molecule has 0 spiro atoms. The van der Waals surface area contributed by atoms with E-state index in [4.69, 9.17) is 0 Å². The zero-order valence-electron chi connectivity index (χ0n) is 10.2. The van der Waals surface area contributed by atoms with Crippen LogP contribution in [0.3, 0.4) is 0 Å². The number of hydrogen-bond donors (Lipinski definition) is 0. The van der Waals surface area contributed by atoms with Gasteiger partial charge in [-0.3, -0.25) is 0 Å². The second-order valence-electron chi connectivity index (χ2n) is 3.90. The molecule has 0 aliphatic rings. The van der Waals surface area contributed by atoms with E-state index in [1.165, 1.54) is 38.5 Å². The molecule has 0 unspecified atom stereocenters. The molecule has 0 rings (SSSR count). The molecule has 0 saturated carbocycles. The van der Waals surface area contributed by atoms with Crippen LogP contribution in [0.5, 0.6) is 0 Å². The molecule has 0 aliphatic carbocycles. The van der Waals surface area contributed by atoms with Crippen LogP contribution in [0.25, 0.3) is 0 Å². The Kier molecular flexibility index (Phi) is 17.9. The van der Waals surface area contributed by atoms with E-state index < -0.39 is 0 Å². The van der Waals surface area contributed by atoms with Gasteiger partial charge in [-0.1, -0.05) is 40.0 Å². The summed E-state index contributed by atoms with van der Waals surface area (Å²) < 4.78 is 0. The Bertz CT molecular complexity index is 77.3. The molecule has 0 nitrogen and oxygen atoms in total. The van der Waals surface area contributed by atoms with E-state index in [1.807, 2.05) is 0 Å². The molecule has 0 aromatic carbocycles. The minimum absolute atomic E-state index is 0. The molecule has 86 valence electrons. The van der Waals surface area contributed by atoms with Crippen molar-refractivity contribution in [2.45, 2.75) is 59.3 Å². The maximum atomic E-state index is 2.31. The molecule has 0 saturated heterocycles. The topological polar surface area (TPSA) is 0 Å². The second kappa shape index (κ2) is 14.2. The number of unbranched alkanes of at least 4 members (excludes halogenated alkanes) is 3. The monoisotopic (exact) mass is 332 g/mol. The van der Waals surface area contributed by atoms with Gasteiger partial charge in [-0.2, -0.15) is 0 Å². The van der Waals surface area contributed by atoms with Crippen molar-refractivity contribution in [2.75, 3.05) is 18.5 Å². The van der Waals surface area contributed by atoms with Crippen LogP contribution < -0.4 is 0 Å². The Labute approximate surface area is 109 Å². The van der Waals surface area contributed by atoms with Gasteiger partial charge in [0.05, 0.1) is 0 Å². The van der Waals surface area contributed by atoms with Crippen molar-refractivity contribution in [3.63, 3.8) is 0 Å². The molecule has 0 fully saturated rings. The minimum Gasteiger partial charge on any atom is -0.107 e. The van der Waals surface area contributed by atoms with Crippen LogP contribution in [0, 0.1) is 0 Å². The summed E-state index contributed by atoms with van der Waals surface area (Å²) in [6.07, 6.45) is 13.2. The second-order valence-corrected chi connectivity index (χ2v) is 6.59. The Morgan fingerprint density at radius 2 is 0.929 bits per heavy atom. The van der Waals surface area contributed by atoms with Crippen molar-refractivity contribution >= 4 is 31.6 Å². The quantitative estimate of drug-likeness (QED) is 0.432. The van der Waals surface area contributed by atoms with Crippen molar-refractivity contribution in [1.82, 2.24) is 0 Å². The first-order valence-electron chi connectivity index (χ1n) is 6.07. The smallest absolute Gasteiger partial charge is 0 e. The third-order valence-corrected chi connectivity index (χ3v) is 5.33. The van der Waals surface area contributed by atoms with Crippen LogP contribution >= 0.6 is 7.92 Å². The fourth-order valence-corrected chi connectivity index (χ4v) is 4.44. The maximum Gasteiger partial charge on any atom is 0 e. The molecule has 0 aromatic rings. The molecule has 0 amide bonds. The van der Waals surface area contributed by atoms with Crippen LogP contribution in [0.2, 0.25) is 0 Å². The summed E-state index contributed by atoms with van der Waals surface area (Å²) in [4.78, 5) is 0. The predicted octanol–water partition coefficient (Wildman–Crippen LogP) is 4.49. The van der Waals surface area contributed by atoms with Crippen LogP contribution in [0.1, 0.15) is 59.3 Å². The first kappa shape index (κ1) is 17.6. The molecule has 14 heavy (non-hydrogen) atoms. The molecular weight excluding hydrogens is 303 g/mol. The summed E-state index contributed by atoms with van der Waals surface area (Å²) >= 11 is 0. The predicted molar refractivity (Wildman–Crippen MR) is 72.0 cm³/mol. The van der Waals surface area contributed by atoms with E-state index in [0.717, 1.165) is 0 Å². The molecule has 0 atom stereocenters. The molecule has 0 aromatic heterocycles. The van der Waals surface area contributed by atoms with Crippen LogP contribution in [-0.2, 0) is 0 Å². The van der Waals surface area contributed by atoms with E-state index in [9.17, 15) is 0 Å².